The van der Waals surface area contributed by atoms with Gasteiger partial charge < -0.3 is 15.8 Å². The third-order valence-electron chi connectivity index (χ3n) is 2.00. The van der Waals surface area contributed by atoms with Gasteiger partial charge in [-0.15, -0.1) is 0 Å². The Balaban J connectivity index is 2.54. The maximum absolute atomic E-state index is 11.3. The zero-order chi connectivity index (χ0) is 12.0. The SMILES string of the molecule is COc1ccccc1CNC(=O)CC(N)=S. The molecular weight excluding hydrogens is 224 g/mol. The highest BCUT2D eigenvalue weighted by atomic mass is 32.1. The van der Waals surface area contributed by atoms with E-state index in [1.54, 1.807) is 7.11 Å². The van der Waals surface area contributed by atoms with Crippen molar-refractivity contribution in [2.75, 3.05) is 7.11 Å². The van der Waals surface area contributed by atoms with Gasteiger partial charge in [-0.3, -0.25) is 4.79 Å². The highest BCUT2D eigenvalue weighted by molar-refractivity contribution is 7.80. The predicted octanol–water partition coefficient (Wildman–Crippen LogP) is 0.988. The van der Waals surface area contributed by atoms with Gasteiger partial charge in [-0.05, 0) is 6.07 Å². The fourth-order valence-corrected chi connectivity index (χ4v) is 1.39. The van der Waals surface area contributed by atoms with Gasteiger partial charge in [-0.1, -0.05) is 30.4 Å². The average molecular weight is 238 g/mol. The highest BCUT2D eigenvalue weighted by Crippen LogP contribution is 2.16. The summed E-state index contributed by atoms with van der Waals surface area (Å²) in [5.41, 5.74) is 6.18. The van der Waals surface area contributed by atoms with Crippen LogP contribution in [0.15, 0.2) is 24.3 Å². The Labute approximate surface area is 99.8 Å². The quantitative estimate of drug-likeness (QED) is 0.751. The molecule has 16 heavy (non-hydrogen) atoms. The number of hydrogen-bond acceptors (Lipinski definition) is 3. The van der Waals surface area contributed by atoms with Crippen molar-refractivity contribution in [2.24, 2.45) is 5.73 Å². The summed E-state index contributed by atoms with van der Waals surface area (Å²) in [6.45, 7) is 0.408. The van der Waals surface area contributed by atoms with Gasteiger partial charge in [0, 0.05) is 12.1 Å². The van der Waals surface area contributed by atoms with E-state index in [0.717, 1.165) is 11.3 Å². The number of rotatable bonds is 5. The molecule has 0 fully saturated rings. The molecule has 0 radical (unpaired) electrons. The molecule has 1 aromatic carbocycles. The van der Waals surface area contributed by atoms with Gasteiger partial charge in [0.1, 0.15) is 5.75 Å². The summed E-state index contributed by atoms with van der Waals surface area (Å²) in [6.07, 6.45) is 0.0739. The number of ether oxygens (including phenoxy) is 1. The van der Waals surface area contributed by atoms with Gasteiger partial charge in [0.2, 0.25) is 5.91 Å². The van der Waals surface area contributed by atoms with Crippen LogP contribution in [0.25, 0.3) is 0 Å². The van der Waals surface area contributed by atoms with E-state index < -0.39 is 0 Å². The van der Waals surface area contributed by atoms with E-state index in [1.165, 1.54) is 0 Å². The molecule has 5 heteroatoms. The molecule has 0 aliphatic rings. The molecule has 1 amide bonds. The number of nitrogens with two attached hydrogens (primary N) is 1. The first-order valence-corrected chi connectivity index (χ1v) is 5.21. The number of benzene rings is 1. The summed E-state index contributed by atoms with van der Waals surface area (Å²) in [6, 6.07) is 7.49. The molecule has 0 aliphatic heterocycles. The molecule has 0 aliphatic carbocycles. The molecule has 1 rings (SSSR count). The van der Waals surface area contributed by atoms with Crippen LogP contribution < -0.4 is 15.8 Å². The molecule has 4 nitrogen and oxygen atoms in total. The summed E-state index contributed by atoms with van der Waals surface area (Å²) in [4.78, 5) is 11.5. The largest absolute Gasteiger partial charge is 0.496 e. The fourth-order valence-electron chi connectivity index (χ4n) is 1.26. The number of carbonyl (C=O) groups is 1. The highest BCUT2D eigenvalue weighted by Gasteiger charge is 2.05. The Morgan fingerprint density at radius 1 is 1.50 bits per heavy atom. The van der Waals surface area contributed by atoms with Gasteiger partial charge in [0.05, 0.1) is 18.5 Å². The first-order chi connectivity index (χ1) is 7.63. The lowest BCUT2D eigenvalue weighted by molar-refractivity contribution is -0.120. The zero-order valence-corrected chi connectivity index (χ0v) is 9.84. The van der Waals surface area contributed by atoms with Gasteiger partial charge in [0.25, 0.3) is 0 Å². The molecule has 0 saturated heterocycles. The molecule has 0 atom stereocenters. The van der Waals surface area contributed by atoms with Crippen molar-refractivity contribution in [3.05, 3.63) is 29.8 Å². The van der Waals surface area contributed by atoms with Crippen molar-refractivity contribution >= 4 is 23.1 Å². The molecular formula is C11H14N2O2S. The first kappa shape index (κ1) is 12.4. The Bertz CT molecular complexity index is 393. The van der Waals surface area contributed by atoms with Crippen LogP contribution in [0.4, 0.5) is 0 Å². The second-order valence-electron chi connectivity index (χ2n) is 3.23. The van der Waals surface area contributed by atoms with Gasteiger partial charge in [0.15, 0.2) is 0 Å². The second kappa shape index (κ2) is 6.07. The summed E-state index contributed by atoms with van der Waals surface area (Å²) in [7, 11) is 1.59. The second-order valence-corrected chi connectivity index (χ2v) is 3.76. The molecule has 86 valence electrons. The van der Waals surface area contributed by atoms with Crippen LogP contribution in [-0.4, -0.2) is 18.0 Å². The summed E-state index contributed by atoms with van der Waals surface area (Å²) in [5.74, 6) is 0.566. The van der Waals surface area contributed by atoms with E-state index >= 15 is 0 Å². The third kappa shape index (κ3) is 3.86. The minimum absolute atomic E-state index is 0.0739. The molecule has 0 heterocycles. The van der Waals surface area contributed by atoms with Gasteiger partial charge in [-0.2, -0.15) is 0 Å². The van der Waals surface area contributed by atoms with E-state index in [9.17, 15) is 4.79 Å². The monoisotopic (exact) mass is 238 g/mol. The summed E-state index contributed by atoms with van der Waals surface area (Å²) in [5, 5.41) is 2.72. The van der Waals surface area contributed by atoms with Crippen molar-refractivity contribution in [3.63, 3.8) is 0 Å². The minimum atomic E-state index is -0.182. The van der Waals surface area contributed by atoms with E-state index in [-0.39, 0.29) is 17.3 Å². The lowest BCUT2D eigenvalue weighted by Gasteiger charge is -2.09. The Morgan fingerprint density at radius 2 is 2.19 bits per heavy atom. The molecule has 0 unspecified atom stereocenters. The van der Waals surface area contributed by atoms with E-state index in [1.807, 2.05) is 24.3 Å². The molecule has 0 saturated carbocycles. The lowest BCUT2D eigenvalue weighted by Crippen LogP contribution is -2.27. The third-order valence-corrected chi connectivity index (χ3v) is 2.15. The number of nitrogens with one attached hydrogen (secondary N) is 1. The van der Waals surface area contributed by atoms with Crippen molar-refractivity contribution in [1.82, 2.24) is 5.32 Å². The van der Waals surface area contributed by atoms with Crippen molar-refractivity contribution in [2.45, 2.75) is 13.0 Å². The number of hydrogen-bond donors (Lipinski definition) is 2. The normalized spacial score (nSPS) is 9.56. The standard InChI is InChI=1S/C11H14N2O2S/c1-15-9-5-3-2-4-8(9)7-13-11(14)6-10(12)16/h2-5H,6-7H2,1H3,(H2,12,16)(H,13,14). The van der Waals surface area contributed by atoms with Crippen LogP contribution in [0.3, 0.4) is 0 Å². The topological polar surface area (TPSA) is 64.3 Å². The maximum Gasteiger partial charge on any atom is 0.227 e. The number of thiocarbonyl (C=S) groups is 1. The van der Waals surface area contributed by atoms with Gasteiger partial charge in [-0.25, -0.2) is 0 Å². The number of amides is 1. The average Bonchev–Trinajstić information content (AvgIpc) is 2.26. The molecule has 1 aromatic rings. The fraction of sp³-hybridized carbons (Fsp3) is 0.273. The number of para-hydroxylation sites is 1. The molecule has 0 spiro atoms. The Hall–Kier alpha value is -1.62. The number of carbonyl (C=O) groups excluding carboxylic acids is 1. The van der Waals surface area contributed by atoms with E-state index in [2.05, 4.69) is 17.5 Å². The van der Waals surface area contributed by atoms with Crippen molar-refractivity contribution in [3.8, 4) is 5.75 Å². The Kier molecular flexibility index (Phi) is 4.72. The molecule has 3 N–H and O–H groups in total. The predicted molar refractivity (Wildman–Crippen MR) is 66.2 cm³/mol. The van der Waals surface area contributed by atoms with Crippen LogP contribution >= 0.6 is 12.2 Å². The van der Waals surface area contributed by atoms with E-state index in [4.69, 9.17) is 10.5 Å². The minimum Gasteiger partial charge on any atom is -0.496 e. The zero-order valence-electron chi connectivity index (χ0n) is 9.03. The molecule has 0 bridgehead atoms. The van der Waals surface area contributed by atoms with Crippen molar-refractivity contribution in [1.29, 1.82) is 0 Å². The van der Waals surface area contributed by atoms with Crippen LogP contribution in [-0.2, 0) is 11.3 Å². The van der Waals surface area contributed by atoms with Crippen LogP contribution in [0.1, 0.15) is 12.0 Å². The van der Waals surface area contributed by atoms with Crippen LogP contribution in [0.2, 0.25) is 0 Å². The molecule has 0 aromatic heterocycles. The van der Waals surface area contributed by atoms with Crippen molar-refractivity contribution < 1.29 is 9.53 Å². The number of methoxy groups -OCH3 is 1. The van der Waals surface area contributed by atoms with Crippen LogP contribution in [0.5, 0.6) is 5.75 Å². The Morgan fingerprint density at radius 3 is 2.81 bits per heavy atom. The van der Waals surface area contributed by atoms with Crippen LogP contribution in [0, 0.1) is 0 Å². The lowest BCUT2D eigenvalue weighted by atomic mass is 10.2. The first-order valence-electron chi connectivity index (χ1n) is 4.80. The smallest absolute Gasteiger partial charge is 0.227 e. The summed E-state index contributed by atoms with van der Waals surface area (Å²) >= 11 is 4.64. The summed E-state index contributed by atoms with van der Waals surface area (Å²) < 4.78 is 5.16. The maximum atomic E-state index is 11.3. The van der Waals surface area contributed by atoms with E-state index in [0.29, 0.717) is 6.54 Å². The van der Waals surface area contributed by atoms with Gasteiger partial charge >= 0.3 is 0 Å².